The molecular formula is C23H36N2O4. The normalized spacial score (nSPS) is 16.0. The minimum Gasteiger partial charge on any atom is -0.461 e. The summed E-state index contributed by atoms with van der Waals surface area (Å²) in [5.41, 5.74) is 6.55. The summed E-state index contributed by atoms with van der Waals surface area (Å²) < 4.78 is 10.9. The van der Waals surface area contributed by atoms with E-state index in [1.807, 2.05) is 63.3 Å². The van der Waals surface area contributed by atoms with E-state index in [1.165, 1.54) is 0 Å². The topological polar surface area (TPSA) is 90.6 Å². The number of rotatable bonds is 9. The molecule has 0 aliphatic heterocycles. The number of esters is 1. The summed E-state index contributed by atoms with van der Waals surface area (Å²) in [6.45, 7) is 10.9. The quantitative estimate of drug-likeness (QED) is 0.473. The summed E-state index contributed by atoms with van der Waals surface area (Å²) in [4.78, 5) is 25.2. The summed E-state index contributed by atoms with van der Waals surface area (Å²) in [5.74, 6) is -0.621. The van der Waals surface area contributed by atoms with Gasteiger partial charge in [0.05, 0.1) is 0 Å². The van der Waals surface area contributed by atoms with Crippen molar-refractivity contribution in [3.8, 4) is 0 Å². The number of benzene rings is 1. The Hall–Kier alpha value is -2.34. The van der Waals surface area contributed by atoms with Crippen molar-refractivity contribution >= 4 is 12.1 Å². The highest BCUT2D eigenvalue weighted by Gasteiger charge is 2.31. The third kappa shape index (κ3) is 9.61. The number of carbonyl (C=O) groups is 2. The molecule has 1 amide bonds. The maximum Gasteiger partial charge on any atom is 0.408 e. The molecule has 0 spiro atoms. The van der Waals surface area contributed by atoms with Gasteiger partial charge in [-0.25, -0.2) is 9.59 Å². The van der Waals surface area contributed by atoms with Gasteiger partial charge in [0.1, 0.15) is 17.7 Å². The van der Waals surface area contributed by atoms with Crippen molar-refractivity contribution in [1.82, 2.24) is 5.32 Å². The van der Waals surface area contributed by atoms with Crippen molar-refractivity contribution in [2.75, 3.05) is 0 Å². The van der Waals surface area contributed by atoms with Crippen LogP contribution >= 0.6 is 0 Å². The average molecular weight is 405 g/mol. The van der Waals surface area contributed by atoms with Crippen molar-refractivity contribution in [2.24, 2.45) is 5.73 Å². The van der Waals surface area contributed by atoms with Crippen LogP contribution in [0.15, 0.2) is 42.5 Å². The monoisotopic (exact) mass is 404 g/mol. The van der Waals surface area contributed by atoms with Crippen LogP contribution in [0.25, 0.3) is 0 Å². The van der Waals surface area contributed by atoms with Gasteiger partial charge in [-0.2, -0.15) is 0 Å². The molecule has 4 atom stereocenters. The number of nitrogens with one attached hydrogen (secondary N) is 1. The van der Waals surface area contributed by atoms with Crippen LogP contribution in [0.5, 0.6) is 0 Å². The Kier molecular flexibility index (Phi) is 9.89. The third-order valence-electron chi connectivity index (χ3n) is 4.35. The molecule has 0 bridgehead atoms. The molecule has 1 aromatic rings. The van der Waals surface area contributed by atoms with E-state index in [1.54, 1.807) is 20.8 Å². The molecule has 0 fully saturated rings. The van der Waals surface area contributed by atoms with Gasteiger partial charge in [-0.1, -0.05) is 42.5 Å². The summed E-state index contributed by atoms with van der Waals surface area (Å²) in [7, 11) is 0. The lowest BCUT2D eigenvalue weighted by Gasteiger charge is -2.28. The summed E-state index contributed by atoms with van der Waals surface area (Å²) in [6.07, 6.45) is 3.81. The maximum absolute atomic E-state index is 12.8. The first-order valence-corrected chi connectivity index (χ1v) is 10.1. The van der Waals surface area contributed by atoms with Gasteiger partial charge in [0.25, 0.3) is 0 Å². The van der Waals surface area contributed by atoms with Crippen molar-refractivity contribution in [3.63, 3.8) is 0 Å². The second kappa shape index (κ2) is 11.6. The number of hydrogen-bond donors (Lipinski definition) is 2. The molecular weight excluding hydrogens is 368 g/mol. The predicted molar refractivity (Wildman–Crippen MR) is 116 cm³/mol. The molecule has 0 saturated heterocycles. The third-order valence-corrected chi connectivity index (χ3v) is 4.35. The minimum atomic E-state index is -0.867. The molecule has 1 aromatic carbocycles. The lowest BCUT2D eigenvalue weighted by molar-refractivity contribution is -0.151. The molecule has 29 heavy (non-hydrogen) atoms. The van der Waals surface area contributed by atoms with E-state index in [2.05, 4.69) is 5.32 Å². The minimum absolute atomic E-state index is 0.130. The zero-order chi connectivity index (χ0) is 22.0. The van der Waals surface area contributed by atoms with Gasteiger partial charge in [0, 0.05) is 18.4 Å². The van der Waals surface area contributed by atoms with E-state index in [4.69, 9.17) is 15.2 Å². The first kappa shape index (κ1) is 24.7. The molecule has 0 radical (unpaired) electrons. The van der Waals surface area contributed by atoms with E-state index < -0.39 is 23.7 Å². The van der Waals surface area contributed by atoms with Crippen LogP contribution in [0, 0.1) is 0 Å². The Morgan fingerprint density at radius 2 is 1.79 bits per heavy atom. The molecule has 0 saturated carbocycles. The molecule has 1 unspecified atom stereocenters. The Morgan fingerprint density at radius 1 is 1.17 bits per heavy atom. The predicted octanol–water partition coefficient (Wildman–Crippen LogP) is 4.30. The second-order valence-electron chi connectivity index (χ2n) is 8.36. The fourth-order valence-corrected chi connectivity index (χ4v) is 2.93. The van der Waals surface area contributed by atoms with Gasteiger partial charge >= 0.3 is 12.1 Å². The molecule has 0 aliphatic carbocycles. The molecule has 3 N–H and O–H groups in total. The lowest BCUT2D eigenvalue weighted by Crippen LogP contribution is -2.46. The smallest absolute Gasteiger partial charge is 0.408 e. The highest BCUT2D eigenvalue weighted by molar-refractivity contribution is 5.81. The highest BCUT2D eigenvalue weighted by atomic mass is 16.6. The van der Waals surface area contributed by atoms with Crippen LogP contribution in [0.4, 0.5) is 4.79 Å². The van der Waals surface area contributed by atoms with Crippen LogP contribution in [-0.4, -0.2) is 35.9 Å². The van der Waals surface area contributed by atoms with E-state index in [0.29, 0.717) is 12.8 Å². The Balaban J connectivity index is 3.01. The van der Waals surface area contributed by atoms with Gasteiger partial charge in [-0.05, 0) is 53.5 Å². The molecule has 0 aliphatic rings. The van der Waals surface area contributed by atoms with Crippen molar-refractivity contribution in [2.45, 2.75) is 84.1 Å². The standard InChI is InChI=1S/C23H36N2O4/c1-7-8-12-16(2)28-21(26)20(25-22(27)29-23(4,5)6)15-19(17(3)24)18-13-10-9-11-14-18/h7-11,13-14,16-17,19-20H,12,15,24H2,1-6H3,(H,25,27)/b8-7+/t16?,17-,19-,20-/m1/s1. The number of hydrogen-bond acceptors (Lipinski definition) is 5. The zero-order valence-corrected chi connectivity index (χ0v) is 18.5. The Labute approximate surface area is 174 Å². The second-order valence-corrected chi connectivity index (χ2v) is 8.36. The first-order valence-electron chi connectivity index (χ1n) is 10.1. The molecule has 162 valence electrons. The van der Waals surface area contributed by atoms with E-state index in [0.717, 1.165) is 5.56 Å². The number of allylic oxidation sites excluding steroid dienone is 1. The SMILES string of the molecule is C/C=C/CC(C)OC(=O)[C@@H](C[C@@H](c1ccccc1)[C@@H](C)N)NC(=O)OC(C)(C)C. The number of ether oxygens (including phenoxy) is 2. The molecule has 6 heteroatoms. The van der Waals surface area contributed by atoms with Gasteiger partial charge in [0.2, 0.25) is 0 Å². The first-order chi connectivity index (χ1) is 13.5. The zero-order valence-electron chi connectivity index (χ0n) is 18.5. The van der Waals surface area contributed by atoms with Crippen molar-refractivity contribution in [3.05, 3.63) is 48.0 Å². The lowest BCUT2D eigenvalue weighted by atomic mass is 9.87. The summed E-state index contributed by atoms with van der Waals surface area (Å²) >= 11 is 0. The fraction of sp³-hybridized carbons (Fsp3) is 0.565. The Bertz CT molecular complexity index is 665. The van der Waals surface area contributed by atoms with Gasteiger partial charge in [-0.3, -0.25) is 0 Å². The number of nitrogens with two attached hydrogens (primary N) is 1. The number of alkyl carbamates (subject to hydrolysis) is 1. The van der Waals surface area contributed by atoms with Crippen LogP contribution < -0.4 is 11.1 Å². The molecule has 6 nitrogen and oxygen atoms in total. The summed E-state index contributed by atoms with van der Waals surface area (Å²) in [5, 5.41) is 2.68. The number of carbonyl (C=O) groups excluding carboxylic acids is 2. The van der Waals surface area contributed by atoms with E-state index >= 15 is 0 Å². The molecule has 0 aromatic heterocycles. The highest BCUT2D eigenvalue weighted by Crippen LogP contribution is 2.25. The van der Waals surface area contributed by atoms with Crippen LogP contribution in [0.2, 0.25) is 0 Å². The van der Waals surface area contributed by atoms with E-state index in [-0.39, 0.29) is 18.1 Å². The average Bonchev–Trinajstić information content (AvgIpc) is 2.62. The van der Waals surface area contributed by atoms with Gasteiger partial charge in [0.15, 0.2) is 0 Å². The van der Waals surface area contributed by atoms with E-state index in [9.17, 15) is 9.59 Å². The fourth-order valence-electron chi connectivity index (χ4n) is 2.93. The summed E-state index contributed by atoms with van der Waals surface area (Å²) in [6, 6.07) is 8.64. The van der Waals surface area contributed by atoms with Crippen molar-refractivity contribution in [1.29, 1.82) is 0 Å². The van der Waals surface area contributed by atoms with Gasteiger partial charge in [-0.15, -0.1) is 0 Å². The maximum atomic E-state index is 12.8. The van der Waals surface area contributed by atoms with Crippen LogP contribution in [0.3, 0.4) is 0 Å². The number of amides is 1. The molecule has 0 heterocycles. The molecule has 1 rings (SSSR count). The van der Waals surface area contributed by atoms with Gasteiger partial charge < -0.3 is 20.5 Å². The largest absolute Gasteiger partial charge is 0.461 e. The Morgan fingerprint density at radius 3 is 2.31 bits per heavy atom. The van der Waals surface area contributed by atoms with Crippen LogP contribution in [-0.2, 0) is 14.3 Å². The van der Waals surface area contributed by atoms with Crippen LogP contribution in [0.1, 0.15) is 65.9 Å². The van der Waals surface area contributed by atoms with Crippen molar-refractivity contribution < 1.29 is 19.1 Å².